The van der Waals surface area contributed by atoms with Gasteiger partial charge in [-0.3, -0.25) is 0 Å². The molecule has 1 aromatic heterocycles. The predicted molar refractivity (Wildman–Crippen MR) is 36.5 cm³/mol. The van der Waals surface area contributed by atoms with Crippen LogP contribution in [0.1, 0.15) is 17.2 Å². The molecule has 0 amide bonds. The number of halogens is 3. The first kappa shape index (κ1) is 8.96. The van der Waals surface area contributed by atoms with Crippen molar-refractivity contribution >= 4 is 0 Å². The third kappa shape index (κ3) is 1.93. The third-order valence-electron chi connectivity index (χ3n) is 1.26. The smallest absolute Gasteiger partial charge is 0.239 e. The van der Waals surface area contributed by atoms with E-state index in [4.69, 9.17) is 0 Å². The van der Waals surface area contributed by atoms with Crippen molar-refractivity contribution in [3.05, 3.63) is 23.3 Å². The van der Waals surface area contributed by atoms with Crippen LogP contribution in [0.3, 0.4) is 0 Å². The number of alkyl halides is 3. The summed E-state index contributed by atoms with van der Waals surface area (Å²) in [5, 5.41) is 0. The fourth-order valence-electron chi connectivity index (χ4n) is 0.862. The molecule has 0 saturated carbocycles. The van der Waals surface area contributed by atoms with E-state index in [2.05, 4.69) is 9.97 Å². The van der Waals surface area contributed by atoms with E-state index < -0.39 is 11.9 Å². The molecule has 0 unspecified atom stereocenters. The summed E-state index contributed by atoms with van der Waals surface area (Å²) >= 11 is 0. The largest absolute Gasteiger partial charge is 0.433 e. The molecule has 0 aliphatic carbocycles. The summed E-state index contributed by atoms with van der Waals surface area (Å²) < 4.78 is 36.2. The van der Waals surface area contributed by atoms with E-state index in [1.165, 1.54) is 13.8 Å². The maximum atomic E-state index is 12.1. The van der Waals surface area contributed by atoms with Crippen LogP contribution in [0.5, 0.6) is 0 Å². The average molecular weight is 176 g/mol. The zero-order valence-corrected chi connectivity index (χ0v) is 6.61. The van der Waals surface area contributed by atoms with Crippen molar-refractivity contribution in [2.75, 3.05) is 0 Å². The van der Waals surface area contributed by atoms with Crippen molar-refractivity contribution in [2.45, 2.75) is 20.0 Å². The number of hydrogen-bond acceptors (Lipinski definition) is 2. The Balaban J connectivity index is 3.18. The van der Waals surface area contributed by atoms with Gasteiger partial charge in [0.1, 0.15) is 11.5 Å². The van der Waals surface area contributed by atoms with E-state index >= 15 is 0 Å². The van der Waals surface area contributed by atoms with E-state index in [1.807, 2.05) is 0 Å². The molecular weight excluding hydrogens is 169 g/mol. The second kappa shape index (κ2) is 2.73. The number of nitrogens with zero attached hydrogens (tertiary/aromatic N) is 2. The summed E-state index contributed by atoms with van der Waals surface area (Å²) in [4.78, 5) is 7.01. The summed E-state index contributed by atoms with van der Waals surface area (Å²) in [5.41, 5.74) is -0.553. The van der Waals surface area contributed by atoms with E-state index in [9.17, 15) is 13.2 Å². The van der Waals surface area contributed by atoms with Crippen molar-refractivity contribution in [2.24, 2.45) is 0 Å². The lowest BCUT2D eigenvalue weighted by Crippen LogP contribution is -2.10. The van der Waals surface area contributed by atoms with Gasteiger partial charge >= 0.3 is 6.18 Å². The molecule has 0 spiro atoms. The van der Waals surface area contributed by atoms with Crippen LogP contribution in [0.2, 0.25) is 0 Å². The van der Waals surface area contributed by atoms with Crippen LogP contribution in [0.15, 0.2) is 6.07 Å². The minimum absolute atomic E-state index is 0.141. The summed E-state index contributed by atoms with van der Waals surface area (Å²) in [6, 6.07) is 0.924. The molecule has 2 nitrogen and oxygen atoms in total. The lowest BCUT2D eigenvalue weighted by atomic mass is 10.3. The Morgan fingerprint density at radius 3 is 2.17 bits per heavy atom. The van der Waals surface area contributed by atoms with Gasteiger partial charge in [0.05, 0.1) is 0 Å². The molecule has 0 atom stereocenters. The SMILES string of the molecule is Cc1cc(C(F)(F)F)nc(C)n1. The molecule has 0 fully saturated rings. The highest BCUT2D eigenvalue weighted by atomic mass is 19.4. The molecule has 0 aliphatic heterocycles. The van der Waals surface area contributed by atoms with Crippen molar-refractivity contribution in [3.63, 3.8) is 0 Å². The molecular formula is C7H7F3N2. The molecule has 1 rings (SSSR count). The van der Waals surface area contributed by atoms with Gasteiger partial charge in [-0.2, -0.15) is 13.2 Å². The van der Waals surface area contributed by atoms with Crippen LogP contribution in [0.25, 0.3) is 0 Å². The molecule has 0 bridgehead atoms. The maximum Gasteiger partial charge on any atom is 0.433 e. The lowest BCUT2D eigenvalue weighted by Gasteiger charge is -2.06. The Morgan fingerprint density at radius 1 is 1.17 bits per heavy atom. The van der Waals surface area contributed by atoms with Gasteiger partial charge in [-0.15, -0.1) is 0 Å². The quantitative estimate of drug-likeness (QED) is 0.605. The van der Waals surface area contributed by atoms with Gasteiger partial charge < -0.3 is 0 Å². The molecule has 12 heavy (non-hydrogen) atoms. The van der Waals surface area contributed by atoms with Gasteiger partial charge in [0.25, 0.3) is 0 Å². The van der Waals surface area contributed by atoms with E-state index in [-0.39, 0.29) is 5.82 Å². The molecule has 1 heterocycles. The minimum atomic E-state index is -4.38. The topological polar surface area (TPSA) is 25.8 Å². The second-order valence-electron chi connectivity index (χ2n) is 2.44. The van der Waals surface area contributed by atoms with Gasteiger partial charge in [-0.1, -0.05) is 0 Å². The van der Waals surface area contributed by atoms with Crippen LogP contribution in [-0.2, 0) is 6.18 Å². The Kier molecular flexibility index (Phi) is 2.04. The summed E-state index contributed by atoms with van der Waals surface area (Å²) in [7, 11) is 0. The van der Waals surface area contributed by atoms with Crippen LogP contribution in [0.4, 0.5) is 13.2 Å². The average Bonchev–Trinajstić information content (AvgIpc) is 1.82. The van der Waals surface area contributed by atoms with Crippen molar-refractivity contribution < 1.29 is 13.2 Å². The van der Waals surface area contributed by atoms with E-state index in [0.29, 0.717) is 5.69 Å². The zero-order chi connectivity index (χ0) is 9.35. The van der Waals surface area contributed by atoms with Crippen molar-refractivity contribution in [3.8, 4) is 0 Å². The van der Waals surface area contributed by atoms with Crippen molar-refractivity contribution in [1.82, 2.24) is 9.97 Å². The molecule has 0 saturated heterocycles. The zero-order valence-electron chi connectivity index (χ0n) is 6.61. The number of aromatic nitrogens is 2. The molecule has 66 valence electrons. The van der Waals surface area contributed by atoms with Gasteiger partial charge in [0.15, 0.2) is 0 Å². The monoisotopic (exact) mass is 176 g/mol. The predicted octanol–water partition coefficient (Wildman–Crippen LogP) is 2.11. The standard InChI is InChI=1S/C7H7F3N2/c1-4-3-6(7(8,9)10)12-5(2)11-4/h3H,1-2H3. The molecule has 5 heteroatoms. The highest BCUT2D eigenvalue weighted by Crippen LogP contribution is 2.27. The normalized spacial score (nSPS) is 11.8. The van der Waals surface area contributed by atoms with Gasteiger partial charge in [0, 0.05) is 5.69 Å². The molecule has 0 aromatic carbocycles. The number of hydrogen-bond donors (Lipinski definition) is 0. The van der Waals surface area contributed by atoms with Gasteiger partial charge in [-0.05, 0) is 19.9 Å². The second-order valence-corrected chi connectivity index (χ2v) is 2.44. The highest BCUT2D eigenvalue weighted by molar-refractivity contribution is 5.12. The van der Waals surface area contributed by atoms with Crippen LogP contribution in [0, 0.1) is 13.8 Å². The molecule has 0 radical (unpaired) electrons. The van der Waals surface area contributed by atoms with E-state index in [0.717, 1.165) is 6.07 Å². The summed E-state index contributed by atoms with van der Waals surface area (Å²) in [6.45, 7) is 2.94. The molecule has 1 aromatic rings. The van der Waals surface area contributed by atoms with Crippen molar-refractivity contribution in [1.29, 1.82) is 0 Å². The Morgan fingerprint density at radius 2 is 1.75 bits per heavy atom. The van der Waals surface area contributed by atoms with Crippen LogP contribution < -0.4 is 0 Å². The van der Waals surface area contributed by atoms with Gasteiger partial charge in [0.2, 0.25) is 0 Å². The first-order valence-corrected chi connectivity index (χ1v) is 3.29. The lowest BCUT2D eigenvalue weighted by molar-refractivity contribution is -0.141. The fraction of sp³-hybridized carbons (Fsp3) is 0.429. The first-order chi connectivity index (χ1) is 5.39. The van der Waals surface area contributed by atoms with Gasteiger partial charge in [-0.25, -0.2) is 9.97 Å². The summed E-state index contributed by atoms with van der Waals surface area (Å²) in [5.74, 6) is 0.141. The van der Waals surface area contributed by atoms with Crippen LogP contribution in [-0.4, -0.2) is 9.97 Å². The summed E-state index contributed by atoms with van der Waals surface area (Å²) in [6.07, 6.45) is -4.38. The Labute approximate surface area is 67.5 Å². The number of aryl methyl sites for hydroxylation is 2. The number of rotatable bonds is 0. The fourth-order valence-corrected chi connectivity index (χ4v) is 0.862. The minimum Gasteiger partial charge on any atom is -0.239 e. The Hall–Kier alpha value is -1.13. The maximum absolute atomic E-state index is 12.1. The first-order valence-electron chi connectivity index (χ1n) is 3.29. The molecule has 0 N–H and O–H groups in total. The third-order valence-corrected chi connectivity index (χ3v) is 1.26. The molecule has 0 aliphatic rings. The Bertz CT molecular complexity index is 273. The van der Waals surface area contributed by atoms with E-state index in [1.54, 1.807) is 0 Å². The highest BCUT2D eigenvalue weighted by Gasteiger charge is 2.32. The van der Waals surface area contributed by atoms with Crippen LogP contribution >= 0.6 is 0 Å².